The number of pyridine rings is 1. The fourth-order valence-electron chi connectivity index (χ4n) is 2.11. The zero-order valence-electron chi connectivity index (χ0n) is 16.7. The molecule has 0 fully saturated rings. The molecule has 0 aromatic carbocycles. The molecular weight excluding hydrogens is 390 g/mol. The molecule has 0 saturated carbocycles. The summed E-state index contributed by atoms with van der Waals surface area (Å²) in [7, 11) is 2.17. The van der Waals surface area contributed by atoms with Crippen LogP contribution in [0, 0.1) is 10.1 Å². The zero-order valence-corrected chi connectivity index (χ0v) is 16.7. The zero-order chi connectivity index (χ0) is 22.2. The van der Waals surface area contributed by atoms with Gasteiger partial charge in [0.1, 0.15) is 17.8 Å². The van der Waals surface area contributed by atoms with Gasteiger partial charge < -0.3 is 24.3 Å². The van der Waals surface area contributed by atoms with Crippen LogP contribution in [0.3, 0.4) is 0 Å². The summed E-state index contributed by atoms with van der Waals surface area (Å²) in [5.41, 5.74) is -1.32. The maximum Gasteiger partial charge on any atom is 0.408 e. The van der Waals surface area contributed by atoms with Crippen LogP contribution in [0.1, 0.15) is 27.2 Å². The quantitative estimate of drug-likeness (QED) is 0.286. The van der Waals surface area contributed by atoms with E-state index in [0.717, 1.165) is 20.4 Å². The summed E-state index contributed by atoms with van der Waals surface area (Å²) in [5, 5.41) is 13.4. The molecule has 0 saturated heterocycles. The topological polar surface area (TPSA) is 156 Å². The highest BCUT2D eigenvalue weighted by Crippen LogP contribution is 2.27. The van der Waals surface area contributed by atoms with Gasteiger partial charge in [-0.1, -0.05) is 0 Å². The minimum absolute atomic E-state index is 0.263. The molecule has 12 heteroatoms. The van der Waals surface area contributed by atoms with E-state index < -0.39 is 52.8 Å². The molecule has 0 aliphatic heterocycles. The van der Waals surface area contributed by atoms with Crippen molar-refractivity contribution in [2.45, 2.75) is 44.9 Å². The molecule has 1 aromatic heterocycles. The summed E-state index contributed by atoms with van der Waals surface area (Å²) in [6.45, 7) is 4.88. The third-order valence-electron chi connectivity index (χ3n) is 3.32. The molecule has 1 heterocycles. The standard InChI is InChI=1S/C17H23N3O9/c1-17(2,3)29-16(23)19-10(14(21)26-4)8-13(15(22)27-5)28-12-6-7-18-9-11(12)20(24)25/h6-7,9-10,13H,8H2,1-5H3,(H,19,23)/t10-,13-/m0/s1. The van der Waals surface area contributed by atoms with Crippen LogP contribution < -0.4 is 10.1 Å². The summed E-state index contributed by atoms with van der Waals surface area (Å²) in [6.07, 6.45) is -0.655. The van der Waals surface area contributed by atoms with Crippen molar-refractivity contribution in [3.8, 4) is 5.75 Å². The Bertz CT molecular complexity index is 761. The van der Waals surface area contributed by atoms with Crippen LogP contribution in [0.2, 0.25) is 0 Å². The van der Waals surface area contributed by atoms with E-state index in [0.29, 0.717) is 0 Å². The Kier molecular flexibility index (Phi) is 8.30. The highest BCUT2D eigenvalue weighted by atomic mass is 16.6. The number of nitro groups is 1. The number of methoxy groups -OCH3 is 2. The number of nitrogens with one attached hydrogen (secondary N) is 1. The predicted octanol–water partition coefficient (Wildman–Crippen LogP) is 1.37. The van der Waals surface area contributed by atoms with Crippen molar-refractivity contribution in [2.24, 2.45) is 0 Å². The van der Waals surface area contributed by atoms with E-state index in [2.05, 4.69) is 19.8 Å². The molecule has 0 aliphatic carbocycles. The van der Waals surface area contributed by atoms with E-state index >= 15 is 0 Å². The number of hydrogen-bond acceptors (Lipinski definition) is 10. The summed E-state index contributed by atoms with van der Waals surface area (Å²) in [4.78, 5) is 50.2. The van der Waals surface area contributed by atoms with E-state index in [4.69, 9.17) is 9.47 Å². The smallest absolute Gasteiger partial charge is 0.408 e. The molecule has 1 aromatic rings. The van der Waals surface area contributed by atoms with Crippen molar-refractivity contribution >= 4 is 23.7 Å². The van der Waals surface area contributed by atoms with Crippen LogP contribution in [0.5, 0.6) is 5.75 Å². The monoisotopic (exact) mass is 413 g/mol. The molecule has 0 aliphatic rings. The van der Waals surface area contributed by atoms with Crippen LogP contribution in [-0.4, -0.2) is 59.9 Å². The fraction of sp³-hybridized carbons (Fsp3) is 0.529. The minimum Gasteiger partial charge on any atom is -0.471 e. The van der Waals surface area contributed by atoms with Gasteiger partial charge in [0.2, 0.25) is 5.75 Å². The molecule has 1 N–H and O–H groups in total. The molecule has 0 unspecified atom stereocenters. The first kappa shape index (κ1) is 23.6. The highest BCUT2D eigenvalue weighted by Gasteiger charge is 2.34. The first-order valence-corrected chi connectivity index (χ1v) is 8.38. The summed E-state index contributed by atoms with van der Waals surface area (Å²) in [5.74, 6) is -2.06. The Hall–Kier alpha value is -3.44. The molecule has 1 rings (SSSR count). The molecule has 1 amide bonds. The first-order chi connectivity index (χ1) is 13.5. The molecule has 0 radical (unpaired) electrons. The Balaban J connectivity index is 3.09. The van der Waals surface area contributed by atoms with Crippen molar-refractivity contribution in [1.29, 1.82) is 0 Å². The number of nitrogens with zero attached hydrogens (tertiary/aromatic N) is 2. The van der Waals surface area contributed by atoms with Gasteiger partial charge in [0.05, 0.1) is 19.1 Å². The van der Waals surface area contributed by atoms with Crippen molar-refractivity contribution in [1.82, 2.24) is 10.3 Å². The maximum absolute atomic E-state index is 12.1. The van der Waals surface area contributed by atoms with Crippen molar-refractivity contribution in [3.63, 3.8) is 0 Å². The van der Waals surface area contributed by atoms with Gasteiger partial charge in [0, 0.05) is 18.7 Å². The summed E-state index contributed by atoms with van der Waals surface area (Å²) in [6, 6.07) is -0.164. The summed E-state index contributed by atoms with van der Waals surface area (Å²) >= 11 is 0. The van der Waals surface area contributed by atoms with E-state index in [-0.39, 0.29) is 5.75 Å². The molecule has 2 atom stereocenters. The second-order valence-corrected chi connectivity index (χ2v) is 6.69. The van der Waals surface area contributed by atoms with E-state index in [9.17, 15) is 24.5 Å². The van der Waals surface area contributed by atoms with Crippen LogP contribution in [-0.2, 0) is 23.8 Å². The van der Waals surface area contributed by atoms with Crippen molar-refractivity contribution in [2.75, 3.05) is 14.2 Å². The minimum atomic E-state index is -1.47. The van der Waals surface area contributed by atoms with Crippen LogP contribution in [0.15, 0.2) is 18.5 Å². The number of esters is 2. The van der Waals surface area contributed by atoms with E-state index in [1.54, 1.807) is 20.8 Å². The van der Waals surface area contributed by atoms with Gasteiger partial charge >= 0.3 is 23.7 Å². The number of hydrogen-bond donors (Lipinski definition) is 1. The third-order valence-corrected chi connectivity index (χ3v) is 3.32. The number of aromatic nitrogens is 1. The number of carbonyl (C=O) groups is 3. The number of carbonyl (C=O) groups excluding carboxylic acids is 3. The first-order valence-electron chi connectivity index (χ1n) is 8.38. The van der Waals surface area contributed by atoms with Gasteiger partial charge in [-0.05, 0) is 20.8 Å². The average molecular weight is 413 g/mol. The number of amides is 1. The lowest BCUT2D eigenvalue weighted by Crippen LogP contribution is -2.47. The molecule has 160 valence electrons. The Morgan fingerprint density at radius 1 is 1.21 bits per heavy atom. The van der Waals surface area contributed by atoms with Gasteiger partial charge in [0.15, 0.2) is 6.10 Å². The van der Waals surface area contributed by atoms with Gasteiger partial charge in [0.25, 0.3) is 0 Å². The molecule has 0 bridgehead atoms. The molecule has 0 spiro atoms. The van der Waals surface area contributed by atoms with Gasteiger partial charge in [-0.15, -0.1) is 0 Å². The number of ether oxygens (including phenoxy) is 4. The van der Waals surface area contributed by atoms with Crippen molar-refractivity contribution in [3.05, 3.63) is 28.6 Å². The van der Waals surface area contributed by atoms with Gasteiger partial charge in [-0.25, -0.2) is 14.4 Å². The molecule has 29 heavy (non-hydrogen) atoms. The van der Waals surface area contributed by atoms with Crippen LogP contribution in [0.4, 0.5) is 10.5 Å². The second-order valence-electron chi connectivity index (χ2n) is 6.69. The number of rotatable bonds is 8. The highest BCUT2D eigenvalue weighted by molar-refractivity contribution is 5.83. The lowest BCUT2D eigenvalue weighted by Gasteiger charge is -2.24. The maximum atomic E-state index is 12.1. The van der Waals surface area contributed by atoms with Crippen LogP contribution >= 0.6 is 0 Å². The normalized spacial score (nSPS) is 12.9. The largest absolute Gasteiger partial charge is 0.471 e. The lowest BCUT2D eigenvalue weighted by molar-refractivity contribution is -0.386. The second kappa shape index (κ2) is 10.2. The van der Waals surface area contributed by atoms with Crippen LogP contribution in [0.25, 0.3) is 0 Å². The summed E-state index contributed by atoms with van der Waals surface area (Å²) < 4.78 is 19.8. The SMILES string of the molecule is COC(=O)[C@H](C[C@H](Oc1ccncc1[N+](=O)[O-])C(=O)OC)NC(=O)OC(C)(C)C. The van der Waals surface area contributed by atoms with E-state index in [1.165, 1.54) is 12.3 Å². The molecule has 12 nitrogen and oxygen atoms in total. The van der Waals surface area contributed by atoms with Gasteiger partial charge in [-0.3, -0.25) is 15.1 Å². The Morgan fingerprint density at radius 3 is 2.34 bits per heavy atom. The van der Waals surface area contributed by atoms with Crippen molar-refractivity contribution < 1.29 is 38.3 Å². The third kappa shape index (κ3) is 7.60. The fourth-order valence-corrected chi connectivity index (χ4v) is 2.11. The van der Waals surface area contributed by atoms with Gasteiger partial charge in [-0.2, -0.15) is 0 Å². The Morgan fingerprint density at radius 2 is 1.83 bits per heavy atom. The molecular formula is C17H23N3O9. The number of alkyl carbamates (subject to hydrolysis) is 1. The average Bonchev–Trinajstić information content (AvgIpc) is 2.64. The Labute approximate surface area is 166 Å². The lowest BCUT2D eigenvalue weighted by atomic mass is 10.1. The predicted molar refractivity (Wildman–Crippen MR) is 97.1 cm³/mol. The van der Waals surface area contributed by atoms with E-state index in [1.807, 2.05) is 0 Å².